The molecule has 0 amide bonds. The van der Waals surface area contributed by atoms with Gasteiger partial charge in [0, 0.05) is 12.7 Å². The summed E-state index contributed by atoms with van der Waals surface area (Å²) in [6.07, 6.45) is 7.08. The maximum Gasteiger partial charge on any atom is 0.149 e. The Balaban J connectivity index is 1.92. The van der Waals surface area contributed by atoms with E-state index in [-0.39, 0.29) is 0 Å². The summed E-state index contributed by atoms with van der Waals surface area (Å²) in [5, 5.41) is 7.07. The van der Waals surface area contributed by atoms with Crippen molar-refractivity contribution in [2.75, 3.05) is 17.2 Å². The second-order valence-electron chi connectivity index (χ2n) is 4.37. The molecule has 1 aliphatic carbocycles. The van der Waals surface area contributed by atoms with Gasteiger partial charge in [-0.25, -0.2) is 4.98 Å². The summed E-state index contributed by atoms with van der Waals surface area (Å²) >= 11 is 0. The standard InChI is InChI=1S/C11H15N3/c1-2-6-11(5-1)8-13-9-4-3-7-12-10(9)14-11/h3-4,7,13H,1-2,5-6,8H2,(H,12,14). The first-order valence-corrected chi connectivity index (χ1v) is 5.35. The van der Waals surface area contributed by atoms with E-state index in [9.17, 15) is 0 Å². The van der Waals surface area contributed by atoms with Gasteiger partial charge in [-0.3, -0.25) is 0 Å². The number of anilines is 2. The molecular formula is C11H15N3. The van der Waals surface area contributed by atoms with E-state index < -0.39 is 0 Å². The van der Waals surface area contributed by atoms with Gasteiger partial charge in [0.25, 0.3) is 0 Å². The third-order valence-corrected chi connectivity index (χ3v) is 3.37. The van der Waals surface area contributed by atoms with Gasteiger partial charge in [-0.2, -0.15) is 0 Å². The van der Waals surface area contributed by atoms with Crippen LogP contribution in [0.25, 0.3) is 0 Å². The number of rotatable bonds is 0. The van der Waals surface area contributed by atoms with E-state index in [1.807, 2.05) is 12.3 Å². The molecule has 14 heavy (non-hydrogen) atoms. The lowest BCUT2D eigenvalue weighted by atomic mass is 9.95. The van der Waals surface area contributed by atoms with Crippen molar-refractivity contribution in [3.8, 4) is 0 Å². The van der Waals surface area contributed by atoms with Gasteiger partial charge in [-0.15, -0.1) is 0 Å². The van der Waals surface area contributed by atoms with Crippen molar-refractivity contribution in [1.82, 2.24) is 4.98 Å². The van der Waals surface area contributed by atoms with Gasteiger partial charge in [0.15, 0.2) is 0 Å². The molecule has 2 heterocycles. The van der Waals surface area contributed by atoms with E-state index in [1.165, 1.54) is 25.7 Å². The van der Waals surface area contributed by atoms with E-state index in [4.69, 9.17) is 0 Å². The first kappa shape index (κ1) is 8.09. The van der Waals surface area contributed by atoms with Gasteiger partial charge in [-0.05, 0) is 25.0 Å². The van der Waals surface area contributed by atoms with Gasteiger partial charge in [0.1, 0.15) is 5.82 Å². The van der Waals surface area contributed by atoms with Crippen LogP contribution in [-0.2, 0) is 0 Å². The fourth-order valence-electron chi connectivity index (χ4n) is 2.56. The summed E-state index contributed by atoms with van der Waals surface area (Å²) in [5.41, 5.74) is 1.44. The van der Waals surface area contributed by atoms with Gasteiger partial charge < -0.3 is 10.6 Å². The molecular weight excluding hydrogens is 174 g/mol. The summed E-state index contributed by atoms with van der Waals surface area (Å²) in [6, 6.07) is 4.05. The van der Waals surface area contributed by atoms with Crippen LogP contribution >= 0.6 is 0 Å². The van der Waals surface area contributed by atoms with Crippen LogP contribution < -0.4 is 10.6 Å². The van der Waals surface area contributed by atoms with Crippen molar-refractivity contribution < 1.29 is 0 Å². The molecule has 1 saturated carbocycles. The number of nitrogens with one attached hydrogen (secondary N) is 2. The molecule has 1 fully saturated rings. The topological polar surface area (TPSA) is 37.0 Å². The largest absolute Gasteiger partial charge is 0.380 e. The Morgan fingerprint density at radius 2 is 2.14 bits per heavy atom. The van der Waals surface area contributed by atoms with Crippen molar-refractivity contribution in [3.63, 3.8) is 0 Å². The Kier molecular flexibility index (Phi) is 1.66. The van der Waals surface area contributed by atoms with Crippen LogP contribution in [0.2, 0.25) is 0 Å². The summed E-state index contributed by atoms with van der Waals surface area (Å²) in [6.45, 7) is 1.05. The van der Waals surface area contributed by atoms with Crippen molar-refractivity contribution in [3.05, 3.63) is 18.3 Å². The highest BCUT2D eigenvalue weighted by atomic mass is 15.2. The summed E-state index contributed by atoms with van der Waals surface area (Å²) in [7, 11) is 0. The molecule has 1 aromatic heterocycles. The quantitative estimate of drug-likeness (QED) is 0.657. The Hall–Kier alpha value is -1.25. The van der Waals surface area contributed by atoms with E-state index in [0.29, 0.717) is 5.54 Å². The molecule has 2 aliphatic rings. The smallest absolute Gasteiger partial charge is 0.149 e. The molecule has 0 unspecified atom stereocenters. The second-order valence-corrected chi connectivity index (χ2v) is 4.37. The average Bonchev–Trinajstić information content (AvgIpc) is 2.66. The van der Waals surface area contributed by atoms with Crippen LogP contribution in [0.4, 0.5) is 11.5 Å². The molecule has 3 rings (SSSR count). The molecule has 2 N–H and O–H groups in total. The van der Waals surface area contributed by atoms with Crippen LogP contribution in [-0.4, -0.2) is 17.1 Å². The Morgan fingerprint density at radius 3 is 3.00 bits per heavy atom. The first-order valence-electron chi connectivity index (χ1n) is 5.35. The normalized spacial score (nSPS) is 22.6. The lowest BCUT2D eigenvalue weighted by molar-refractivity contribution is 0.497. The fourth-order valence-corrected chi connectivity index (χ4v) is 2.56. The van der Waals surface area contributed by atoms with Gasteiger partial charge in [0.2, 0.25) is 0 Å². The monoisotopic (exact) mass is 189 g/mol. The molecule has 1 aromatic rings. The predicted octanol–water partition coefficient (Wildman–Crippen LogP) is 2.23. The van der Waals surface area contributed by atoms with Crippen LogP contribution in [0.1, 0.15) is 25.7 Å². The number of pyridine rings is 1. The lowest BCUT2D eigenvalue weighted by Crippen LogP contribution is -2.45. The lowest BCUT2D eigenvalue weighted by Gasteiger charge is -2.36. The number of hydrogen-bond acceptors (Lipinski definition) is 3. The van der Waals surface area contributed by atoms with Crippen molar-refractivity contribution in [1.29, 1.82) is 0 Å². The molecule has 1 spiro atoms. The van der Waals surface area contributed by atoms with E-state index >= 15 is 0 Å². The maximum atomic E-state index is 4.36. The molecule has 0 atom stereocenters. The highest BCUT2D eigenvalue weighted by Crippen LogP contribution is 2.37. The molecule has 1 aliphatic heterocycles. The Bertz CT molecular complexity index is 342. The summed E-state index contributed by atoms with van der Waals surface area (Å²) in [4.78, 5) is 4.36. The summed E-state index contributed by atoms with van der Waals surface area (Å²) < 4.78 is 0. The van der Waals surface area contributed by atoms with E-state index in [0.717, 1.165) is 18.1 Å². The highest BCUT2D eigenvalue weighted by molar-refractivity contribution is 5.67. The molecule has 0 bridgehead atoms. The molecule has 3 heteroatoms. The third kappa shape index (κ3) is 1.15. The fraction of sp³-hybridized carbons (Fsp3) is 0.545. The van der Waals surface area contributed by atoms with Crippen molar-refractivity contribution >= 4 is 11.5 Å². The zero-order valence-corrected chi connectivity index (χ0v) is 8.21. The van der Waals surface area contributed by atoms with Gasteiger partial charge >= 0.3 is 0 Å². The Morgan fingerprint density at radius 1 is 1.29 bits per heavy atom. The SMILES string of the molecule is c1cnc2c(c1)NCC1(CCCC1)N2. The molecule has 0 radical (unpaired) electrons. The van der Waals surface area contributed by atoms with Gasteiger partial charge in [0.05, 0.1) is 11.2 Å². The minimum absolute atomic E-state index is 0.293. The third-order valence-electron chi connectivity index (χ3n) is 3.37. The van der Waals surface area contributed by atoms with Crippen LogP contribution in [0, 0.1) is 0 Å². The van der Waals surface area contributed by atoms with Crippen LogP contribution in [0.15, 0.2) is 18.3 Å². The molecule has 0 saturated heterocycles. The average molecular weight is 189 g/mol. The second kappa shape index (κ2) is 2.87. The van der Waals surface area contributed by atoms with Gasteiger partial charge in [-0.1, -0.05) is 12.8 Å². The number of hydrogen-bond donors (Lipinski definition) is 2. The van der Waals surface area contributed by atoms with E-state index in [2.05, 4.69) is 21.7 Å². The van der Waals surface area contributed by atoms with E-state index in [1.54, 1.807) is 0 Å². The summed E-state index contributed by atoms with van der Waals surface area (Å²) in [5.74, 6) is 1.03. The van der Waals surface area contributed by atoms with Crippen LogP contribution in [0.5, 0.6) is 0 Å². The predicted molar refractivity (Wildman–Crippen MR) is 57.5 cm³/mol. The maximum absolute atomic E-state index is 4.36. The number of fused-ring (bicyclic) bond motifs is 1. The van der Waals surface area contributed by atoms with Crippen molar-refractivity contribution in [2.24, 2.45) is 0 Å². The zero-order chi connectivity index (χ0) is 9.43. The first-order chi connectivity index (χ1) is 6.88. The zero-order valence-electron chi connectivity index (χ0n) is 8.21. The molecule has 0 aromatic carbocycles. The highest BCUT2D eigenvalue weighted by Gasteiger charge is 2.36. The number of aromatic nitrogens is 1. The minimum Gasteiger partial charge on any atom is -0.380 e. The van der Waals surface area contributed by atoms with Crippen molar-refractivity contribution in [2.45, 2.75) is 31.2 Å². The minimum atomic E-state index is 0.293. The van der Waals surface area contributed by atoms with Crippen LogP contribution in [0.3, 0.4) is 0 Å². The molecule has 74 valence electrons. The Labute approximate surface area is 83.9 Å². The number of nitrogens with zero attached hydrogens (tertiary/aromatic N) is 1. The molecule has 3 nitrogen and oxygen atoms in total.